The van der Waals surface area contributed by atoms with Crippen LogP contribution in [-0.4, -0.2) is 17.4 Å². The van der Waals surface area contributed by atoms with Crippen LogP contribution in [0.2, 0.25) is 5.02 Å². The van der Waals surface area contributed by atoms with Crippen molar-refractivity contribution < 1.29 is 4.79 Å². The standard InChI is InChI=1S/C18H16ClN3O/c19-14-6-2-7-15(12-14)20-11-9-17(23)22-16-8-1-4-13-5-3-10-21-18(13)16/h1-8,10,12,20H,9,11H2,(H,22,23). The van der Waals surface area contributed by atoms with Crippen molar-refractivity contribution in [2.75, 3.05) is 17.2 Å². The Labute approximate surface area is 139 Å². The highest BCUT2D eigenvalue weighted by Gasteiger charge is 2.06. The van der Waals surface area contributed by atoms with Crippen molar-refractivity contribution in [1.82, 2.24) is 4.98 Å². The molecule has 0 radical (unpaired) electrons. The van der Waals surface area contributed by atoms with Crippen LogP contribution in [0.4, 0.5) is 11.4 Å². The molecule has 3 aromatic rings. The summed E-state index contributed by atoms with van der Waals surface area (Å²) in [5, 5.41) is 7.76. The molecule has 2 N–H and O–H groups in total. The molecule has 5 heteroatoms. The van der Waals surface area contributed by atoms with Crippen molar-refractivity contribution in [3.05, 3.63) is 65.8 Å². The van der Waals surface area contributed by atoms with Gasteiger partial charge >= 0.3 is 0 Å². The van der Waals surface area contributed by atoms with E-state index in [0.717, 1.165) is 22.3 Å². The minimum Gasteiger partial charge on any atom is -0.384 e. The maximum Gasteiger partial charge on any atom is 0.226 e. The molecular formula is C18H16ClN3O. The van der Waals surface area contributed by atoms with E-state index in [0.29, 0.717) is 18.0 Å². The summed E-state index contributed by atoms with van der Waals surface area (Å²) in [6, 6.07) is 17.0. The second-order valence-corrected chi connectivity index (χ2v) is 5.55. The van der Waals surface area contributed by atoms with Crippen LogP contribution in [0.5, 0.6) is 0 Å². The molecule has 0 unspecified atom stereocenters. The second-order valence-electron chi connectivity index (χ2n) is 5.12. The van der Waals surface area contributed by atoms with E-state index in [-0.39, 0.29) is 5.91 Å². The first kappa shape index (κ1) is 15.3. The number of carbonyl (C=O) groups is 1. The largest absolute Gasteiger partial charge is 0.384 e. The summed E-state index contributed by atoms with van der Waals surface area (Å²) in [6.45, 7) is 0.532. The van der Waals surface area contributed by atoms with Crippen LogP contribution in [0.25, 0.3) is 10.9 Å². The van der Waals surface area contributed by atoms with Gasteiger partial charge < -0.3 is 10.6 Å². The Morgan fingerprint density at radius 3 is 2.78 bits per heavy atom. The lowest BCUT2D eigenvalue weighted by Gasteiger charge is -2.09. The molecular weight excluding hydrogens is 310 g/mol. The van der Waals surface area contributed by atoms with E-state index in [1.807, 2.05) is 54.6 Å². The minimum atomic E-state index is -0.0577. The summed E-state index contributed by atoms with van der Waals surface area (Å²) >= 11 is 5.92. The Bertz CT molecular complexity index is 830. The molecule has 0 bridgehead atoms. The van der Waals surface area contributed by atoms with E-state index in [1.165, 1.54) is 0 Å². The first-order valence-electron chi connectivity index (χ1n) is 7.35. The number of hydrogen-bond donors (Lipinski definition) is 2. The molecule has 0 aliphatic heterocycles. The van der Waals surface area contributed by atoms with Crippen molar-refractivity contribution in [3.63, 3.8) is 0 Å². The predicted octanol–water partition coefficient (Wildman–Crippen LogP) is 4.33. The third-order valence-electron chi connectivity index (χ3n) is 3.41. The lowest BCUT2D eigenvalue weighted by atomic mass is 10.2. The van der Waals surface area contributed by atoms with Gasteiger partial charge in [0, 0.05) is 35.3 Å². The van der Waals surface area contributed by atoms with Crippen molar-refractivity contribution in [2.45, 2.75) is 6.42 Å². The summed E-state index contributed by atoms with van der Waals surface area (Å²) in [6.07, 6.45) is 2.08. The van der Waals surface area contributed by atoms with Gasteiger partial charge in [-0.05, 0) is 30.3 Å². The van der Waals surface area contributed by atoms with Crippen LogP contribution in [0, 0.1) is 0 Å². The first-order valence-corrected chi connectivity index (χ1v) is 7.73. The number of hydrogen-bond acceptors (Lipinski definition) is 3. The average Bonchev–Trinajstić information content (AvgIpc) is 2.55. The molecule has 4 nitrogen and oxygen atoms in total. The zero-order valence-corrected chi connectivity index (χ0v) is 13.2. The summed E-state index contributed by atoms with van der Waals surface area (Å²) in [4.78, 5) is 16.4. The van der Waals surface area contributed by atoms with Crippen molar-refractivity contribution in [3.8, 4) is 0 Å². The molecule has 1 amide bonds. The van der Waals surface area contributed by atoms with Gasteiger partial charge in [0.05, 0.1) is 11.2 Å². The van der Waals surface area contributed by atoms with Crippen LogP contribution in [0.15, 0.2) is 60.8 Å². The lowest BCUT2D eigenvalue weighted by Crippen LogP contribution is -2.16. The fourth-order valence-corrected chi connectivity index (χ4v) is 2.53. The fraction of sp³-hybridized carbons (Fsp3) is 0.111. The Balaban J connectivity index is 1.59. The fourth-order valence-electron chi connectivity index (χ4n) is 2.34. The minimum absolute atomic E-state index is 0.0577. The Kier molecular flexibility index (Phi) is 4.74. The Hall–Kier alpha value is -2.59. The quantitative estimate of drug-likeness (QED) is 0.734. The molecule has 1 heterocycles. The number of benzene rings is 2. The van der Waals surface area contributed by atoms with Gasteiger partial charge in [-0.25, -0.2) is 0 Å². The number of anilines is 2. The number of carbonyl (C=O) groups excluding carboxylic acids is 1. The molecule has 0 atom stereocenters. The maximum atomic E-state index is 12.1. The first-order chi connectivity index (χ1) is 11.2. The van der Waals surface area contributed by atoms with E-state index < -0.39 is 0 Å². The SMILES string of the molecule is O=C(CCNc1cccc(Cl)c1)Nc1cccc2cccnc12. The topological polar surface area (TPSA) is 54.0 Å². The maximum absolute atomic E-state index is 12.1. The third kappa shape index (κ3) is 3.99. The van der Waals surface area contributed by atoms with Crippen molar-refractivity contribution in [2.24, 2.45) is 0 Å². The zero-order chi connectivity index (χ0) is 16.1. The highest BCUT2D eigenvalue weighted by atomic mass is 35.5. The molecule has 0 saturated carbocycles. The van der Waals surface area contributed by atoms with E-state index in [9.17, 15) is 4.79 Å². The molecule has 0 saturated heterocycles. The summed E-state index contributed by atoms with van der Waals surface area (Å²) in [7, 11) is 0. The lowest BCUT2D eigenvalue weighted by molar-refractivity contribution is -0.115. The average molecular weight is 326 g/mol. The van der Waals surface area contributed by atoms with Crippen molar-refractivity contribution >= 4 is 39.8 Å². The van der Waals surface area contributed by atoms with Gasteiger partial charge in [0.2, 0.25) is 5.91 Å². The van der Waals surface area contributed by atoms with E-state index >= 15 is 0 Å². The number of amides is 1. The zero-order valence-electron chi connectivity index (χ0n) is 12.4. The van der Waals surface area contributed by atoms with Gasteiger partial charge in [-0.3, -0.25) is 9.78 Å². The number of nitrogens with one attached hydrogen (secondary N) is 2. The molecule has 0 spiro atoms. The van der Waals surface area contributed by atoms with Crippen LogP contribution in [0.1, 0.15) is 6.42 Å². The van der Waals surface area contributed by atoms with Crippen LogP contribution in [-0.2, 0) is 4.79 Å². The number of halogens is 1. The Morgan fingerprint density at radius 2 is 1.91 bits per heavy atom. The van der Waals surface area contributed by atoms with Gasteiger partial charge in [-0.15, -0.1) is 0 Å². The van der Waals surface area contributed by atoms with Crippen LogP contribution < -0.4 is 10.6 Å². The smallest absolute Gasteiger partial charge is 0.226 e. The third-order valence-corrected chi connectivity index (χ3v) is 3.65. The normalized spacial score (nSPS) is 10.5. The number of pyridine rings is 1. The van der Waals surface area contributed by atoms with Crippen molar-refractivity contribution in [1.29, 1.82) is 0 Å². The molecule has 1 aromatic heterocycles. The Morgan fingerprint density at radius 1 is 1.09 bits per heavy atom. The number of fused-ring (bicyclic) bond motifs is 1. The van der Waals surface area contributed by atoms with Gasteiger partial charge in [0.25, 0.3) is 0 Å². The predicted molar refractivity (Wildman–Crippen MR) is 94.9 cm³/mol. The molecule has 0 fully saturated rings. The number of aromatic nitrogens is 1. The highest BCUT2D eigenvalue weighted by Crippen LogP contribution is 2.20. The molecule has 0 aliphatic rings. The number of para-hydroxylation sites is 1. The summed E-state index contributed by atoms with van der Waals surface area (Å²) in [5.41, 5.74) is 2.43. The highest BCUT2D eigenvalue weighted by molar-refractivity contribution is 6.30. The van der Waals surface area contributed by atoms with Crippen LogP contribution >= 0.6 is 11.6 Å². The molecule has 3 rings (SSSR count). The molecule has 0 aliphatic carbocycles. The van der Waals surface area contributed by atoms with Gasteiger partial charge in [0.15, 0.2) is 0 Å². The summed E-state index contributed by atoms with van der Waals surface area (Å²) in [5.74, 6) is -0.0577. The molecule has 116 valence electrons. The second kappa shape index (κ2) is 7.11. The molecule has 23 heavy (non-hydrogen) atoms. The number of rotatable bonds is 5. The molecule has 2 aromatic carbocycles. The van der Waals surface area contributed by atoms with E-state index in [4.69, 9.17) is 11.6 Å². The summed E-state index contributed by atoms with van der Waals surface area (Å²) < 4.78 is 0. The van der Waals surface area contributed by atoms with Gasteiger partial charge in [0.1, 0.15) is 0 Å². The number of nitrogens with zero attached hydrogens (tertiary/aromatic N) is 1. The van der Waals surface area contributed by atoms with Gasteiger partial charge in [-0.1, -0.05) is 35.9 Å². The van der Waals surface area contributed by atoms with E-state index in [2.05, 4.69) is 15.6 Å². The van der Waals surface area contributed by atoms with E-state index in [1.54, 1.807) is 6.20 Å². The van der Waals surface area contributed by atoms with Crippen LogP contribution in [0.3, 0.4) is 0 Å². The van der Waals surface area contributed by atoms with Gasteiger partial charge in [-0.2, -0.15) is 0 Å². The monoisotopic (exact) mass is 325 g/mol.